The zero-order valence-corrected chi connectivity index (χ0v) is 20.1. The van der Waals surface area contributed by atoms with Gasteiger partial charge in [0.2, 0.25) is 5.91 Å². The Hall–Kier alpha value is -2.18. The van der Waals surface area contributed by atoms with Crippen LogP contribution in [-0.4, -0.2) is 32.9 Å². The van der Waals surface area contributed by atoms with E-state index in [2.05, 4.69) is 52.3 Å². The molecule has 0 heterocycles. The first-order valence-corrected chi connectivity index (χ1v) is 13.3. The number of carbonyl (C=O) groups is 2. The Labute approximate surface area is 182 Å². The SMILES string of the molecule is C=CCCC(=O)NC(COC(=O)C(CC=C)O[Si](C)(C)C(C)(C)C)c1ccccc1. The predicted octanol–water partition coefficient (Wildman–Crippen LogP) is 5.32. The van der Waals surface area contributed by atoms with Gasteiger partial charge in [0, 0.05) is 12.8 Å². The van der Waals surface area contributed by atoms with E-state index >= 15 is 0 Å². The van der Waals surface area contributed by atoms with E-state index in [1.165, 1.54) is 0 Å². The summed E-state index contributed by atoms with van der Waals surface area (Å²) in [6.45, 7) is 18.0. The number of rotatable bonds is 12. The Morgan fingerprint density at radius 1 is 1.13 bits per heavy atom. The Morgan fingerprint density at radius 3 is 2.30 bits per heavy atom. The number of nitrogens with one attached hydrogen (secondary N) is 1. The van der Waals surface area contributed by atoms with E-state index in [-0.39, 0.29) is 17.6 Å². The maximum Gasteiger partial charge on any atom is 0.334 e. The van der Waals surface area contributed by atoms with Crippen molar-refractivity contribution in [1.82, 2.24) is 5.32 Å². The van der Waals surface area contributed by atoms with Crippen molar-refractivity contribution in [3.8, 4) is 0 Å². The van der Waals surface area contributed by atoms with Gasteiger partial charge in [-0.2, -0.15) is 0 Å². The van der Waals surface area contributed by atoms with Crippen LogP contribution in [0.15, 0.2) is 55.6 Å². The zero-order valence-electron chi connectivity index (χ0n) is 19.1. The normalized spacial score (nSPS) is 13.8. The van der Waals surface area contributed by atoms with Crippen molar-refractivity contribution in [3.63, 3.8) is 0 Å². The molecule has 166 valence electrons. The number of benzene rings is 1. The van der Waals surface area contributed by atoms with Crippen LogP contribution in [0.4, 0.5) is 0 Å². The van der Waals surface area contributed by atoms with E-state index in [4.69, 9.17) is 9.16 Å². The Bertz CT molecular complexity index is 710. The number of allylic oxidation sites excluding steroid dienone is 1. The van der Waals surface area contributed by atoms with E-state index in [0.717, 1.165) is 5.56 Å². The quantitative estimate of drug-likeness (QED) is 0.276. The van der Waals surface area contributed by atoms with Crippen LogP contribution in [0.25, 0.3) is 0 Å². The molecule has 0 aliphatic carbocycles. The summed E-state index contributed by atoms with van der Waals surface area (Å²) in [6, 6.07) is 9.06. The highest BCUT2D eigenvalue weighted by Crippen LogP contribution is 2.37. The standard InChI is InChI=1S/C24H37NO4Si/c1-8-10-17-22(26)25-20(19-15-12-11-13-16-19)18-28-23(27)21(14-9-2)29-30(6,7)24(3,4)5/h8-9,11-13,15-16,20-21H,1-2,10,14,17-18H2,3-7H3,(H,25,26). The molecule has 1 N–H and O–H groups in total. The van der Waals surface area contributed by atoms with Gasteiger partial charge >= 0.3 is 5.97 Å². The fourth-order valence-electron chi connectivity index (χ4n) is 2.54. The molecule has 0 bridgehead atoms. The fraction of sp³-hybridized carbons (Fsp3) is 0.500. The molecule has 0 saturated heterocycles. The van der Waals surface area contributed by atoms with Gasteiger partial charge in [0.15, 0.2) is 8.32 Å². The second kappa shape index (κ2) is 11.9. The molecule has 0 saturated carbocycles. The highest BCUT2D eigenvalue weighted by molar-refractivity contribution is 6.74. The van der Waals surface area contributed by atoms with Crippen LogP contribution >= 0.6 is 0 Å². The monoisotopic (exact) mass is 431 g/mol. The molecule has 30 heavy (non-hydrogen) atoms. The van der Waals surface area contributed by atoms with Gasteiger partial charge in [-0.25, -0.2) is 4.79 Å². The van der Waals surface area contributed by atoms with Crippen molar-refractivity contribution in [2.45, 2.75) is 70.3 Å². The lowest BCUT2D eigenvalue weighted by atomic mass is 10.1. The summed E-state index contributed by atoms with van der Waals surface area (Å²) in [5.41, 5.74) is 0.878. The van der Waals surface area contributed by atoms with Crippen LogP contribution in [0.5, 0.6) is 0 Å². The summed E-state index contributed by atoms with van der Waals surface area (Å²) in [6.07, 6.45) is 3.99. The van der Waals surface area contributed by atoms with Gasteiger partial charge in [-0.05, 0) is 30.1 Å². The number of hydrogen-bond acceptors (Lipinski definition) is 4. The van der Waals surface area contributed by atoms with Crippen molar-refractivity contribution < 1.29 is 18.8 Å². The summed E-state index contributed by atoms with van der Waals surface area (Å²) in [4.78, 5) is 25.1. The molecule has 0 aromatic heterocycles. The van der Waals surface area contributed by atoms with Gasteiger partial charge in [-0.3, -0.25) is 4.79 Å². The van der Waals surface area contributed by atoms with E-state index in [1.54, 1.807) is 12.2 Å². The van der Waals surface area contributed by atoms with Gasteiger partial charge < -0.3 is 14.5 Å². The number of hydrogen-bond donors (Lipinski definition) is 1. The Morgan fingerprint density at radius 2 is 1.77 bits per heavy atom. The molecule has 0 aliphatic heterocycles. The van der Waals surface area contributed by atoms with Gasteiger partial charge in [0.05, 0.1) is 6.04 Å². The van der Waals surface area contributed by atoms with Crippen LogP contribution in [-0.2, 0) is 18.8 Å². The van der Waals surface area contributed by atoms with Crippen LogP contribution in [0.2, 0.25) is 18.1 Å². The molecule has 1 aromatic carbocycles. The topological polar surface area (TPSA) is 64.6 Å². The van der Waals surface area contributed by atoms with Gasteiger partial charge in [-0.15, -0.1) is 13.2 Å². The highest BCUT2D eigenvalue weighted by atomic mass is 28.4. The minimum atomic E-state index is -2.16. The Kier molecular flexibility index (Phi) is 10.2. The van der Waals surface area contributed by atoms with Crippen LogP contribution in [0, 0.1) is 0 Å². The average Bonchev–Trinajstić information content (AvgIpc) is 2.68. The number of carbonyl (C=O) groups excluding carboxylic acids is 2. The lowest BCUT2D eigenvalue weighted by Gasteiger charge is -2.38. The molecule has 2 unspecified atom stereocenters. The smallest absolute Gasteiger partial charge is 0.334 e. The summed E-state index contributed by atoms with van der Waals surface area (Å²) in [7, 11) is -2.16. The molecule has 0 spiro atoms. The molecule has 2 atom stereocenters. The van der Waals surface area contributed by atoms with Crippen LogP contribution in [0.3, 0.4) is 0 Å². The molecule has 0 radical (unpaired) electrons. The van der Waals surface area contributed by atoms with Crippen molar-refractivity contribution in [1.29, 1.82) is 0 Å². The largest absolute Gasteiger partial charge is 0.461 e. The van der Waals surface area contributed by atoms with Gasteiger partial charge in [0.25, 0.3) is 0 Å². The van der Waals surface area contributed by atoms with Crippen molar-refractivity contribution in [2.75, 3.05) is 6.61 Å². The minimum absolute atomic E-state index is 0.0294. The second-order valence-corrected chi connectivity index (χ2v) is 13.6. The minimum Gasteiger partial charge on any atom is -0.461 e. The summed E-state index contributed by atoms with van der Waals surface area (Å²) in [5, 5.41) is 2.92. The van der Waals surface area contributed by atoms with E-state index in [0.29, 0.717) is 19.3 Å². The van der Waals surface area contributed by atoms with E-state index in [1.807, 2.05) is 30.3 Å². The maximum absolute atomic E-state index is 12.8. The predicted molar refractivity (Wildman–Crippen MR) is 125 cm³/mol. The third-order valence-electron chi connectivity index (χ3n) is 5.39. The molecule has 0 aliphatic rings. The molecular weight excluding hydrogens is 394 g/mol. The molecule has 6 heteroatoms. The van der Waals surface area contributed by atoms with E-state index < -0.39 is 26.4 Å². The van der Waals surface area contributed by atoms with Crippen LogP contribution < -0.4 is 5.32 Å². The summed E-state index contributed by atoms with van der Waals surface area (Å²) >= 11 is 0. The first kappa shape index (κ1) is 25.9. The number of amides is 1. The molecular formula is C24H37NO4Si. The summed E-state index contributed by atoms with van der Waals surface area (Å²) in [5.74, 6) is -0.541. The molecule has 5 nitrogen and oxygen atoms in total. The molecule has 1 aromatic rings. The lowest BCUT2D eigenvalue weighted by Crippen LogP contribution is -2.46. The van der Waals surface area contributed by atoms with Gasteiger partial charge in [0.1, 0.15) is 12.7 Å². The zero-order chi connectivity index (χ0) is 22.8. The number of esters is 1. The first-order chi connectivity index (χ1) is 14.0. The second-order valence-electron chi connectivity index (χ2n) is 8.88. The fourth-order valence-corrected chi connectivity index (χ4v) is 3.80. The first-order valence-electron chi connectivity index (χ1n) is 10.4. The lowest BCUT2D eigenvalue weighted by molar-refractivity contribution is -0.153. The molecule has 0 fully saturated rings. The maximum atomic E-state index is 12.8. The third-order valence-corrected chi connectivity index (χ3v) is 9.88. The molecule has 1 amide bonds. The third kappa shape index (κ3) is 8.28. The van der Waals surface area contributed by atoms with Crippen molar-refractivity contribution in [2.24, 2.45) is 0 Å². The molecule has 1 rings (SSSR count). The van der Waals surface area contributed by atoms with Crippen LogP contribution in [0.1, 0.15) is 51.6 Å². The number of ether oxygens (including phenoxy) is 1. The van der Waals surface area contributed by atoms with Crippen molar-refractivity contribution >= 4 is 20.2 Å². The van der Waals surface area contributed by atoms with Crippen molar-refractivity contribution in [3.05, 3.63) is 61.2 Å². The Balaban J connectivity index is 2.88. The van der Waals surface area contributed by atoms with Gasteiger partial charge in [-0.1, -0.05) is 63.3 Å². The van der Waals surface area contributed by atoms with E-state index in [9.17, 15) is 9.59 Å². The highest BCUT2D eigenvalue weighted by Gasteiger charge is 2.41. The summed E-state index contributed by atoms with van der Waals surface area (Å²) < 4.78 is 11.9. The average molecular weight is 432 g/mol.